The number of amides is 1. The molecule has 0 heterocycles. The highest BCUT2D eigenvalue weighted by Gasteiger charge is 1.95. The van der Waals surface area contributed by atoms with E-state index in [-0.39, 0.29) is 6.09 Å². The largest absolute Gasteiger partial charge is 0.445 e. The summed E-state index contributed by atoms with van der Waals surface area (Å²) in [5.74, 6) is 0. The molecule has 80 valence electrons. The van der Waals surface area contributed by atoms with E-state index < -0.39 is 0 Å². The Balaban J connectivity index is 3.67. The third-order valence-corrected chi connectivity index (χ3v) is 1.74. The molecule has 0 aromatic heterocycles. The van der Waals surface area contributed by atoms with Gasteiger partial charge in [-0.25, -0.2) is 4.79 Å². The lowest BCUT2D eigenvalue weighted by Gasteiger charge is -2.01. The molecule has 0 saturated heterocycles. The topological polar surface area (TPSA) is 38.3 Å². The van der Waals surface area contributed by atoms with Crippen LogP contribution in [0.3, 0.4) is 0 Å². The van der Waals surface area contributed by atoms with Crippen molar-refractivity contribution < 1.29 is 9.53 Å². The third-order valence-electron chi connectivity index (χ3n) is 1.74. The van der Waals surface area contributed by atoms with Crippen molar-refractivity contribution in [3.63, 3.8) is 0 Å². The first-order chi connectivity index (χ1) is 6.74. The third kappa shape index (κ3) is 6.29. The Hall–Kier alpha value is -1.25. The van der Waals surface area contributed by atoms with Crippen LogP contribution in [0.25, 0.3) is 0 Å². The van der Waals surface area contributed by atoms with Crippen molar-refractivity contribution in [3.8, 4) is 0 Å². The van der Waals surface area contributed by atoms with E-state index in [1.165, 1.54) is 5.57 Å². The summed E-state index contributed by atoms with van der Waals surface area (Å²) in [6, 6.07) is 0. The molecule has 0 unspecified atom stereocenters. The molecule has 0 aliphatic rings. The Labute approximate surface area is 85.8 Å². The zero-order chi connectivity index (χ0) is 10.8. The van der Waals surface area contributed by atoms with Gasteiger partial charge in [0.15, 0.2) is 0 Å². The Bertz CT molecular complexity index is 219. The number of hydrogen-bond acceptors (Lipinski definition) is 2. The van der Waals surface area contributed by atoms with Gasteiger partial charge in [-0.2, -0.15) is 0 Å². The first kappa shape index (κ1) is 12.8. The van der Waals surface area contributed by atoms with Gasteiger partial charge in [0.25, 0.3) is 0 Å². The molecule has 1 amide bonds. The van der Waals surface area contributed by atoms with E-state index in [0.29, 0.717) is 13.2 Å². The lowest BCUT2D eigenvalue weighted by atomic mass is 10.2. The van der Waals surface area contributed by atoms with Crippen LogP contribution in [-0.4, -0.2) is 19.2 Å². The molecule has 0 fully saturated rings. The summed E-state index contributed by atoms with van der Waals surface area (Å²) in [5.41, 5.74) is 1.24. The second-order valence-corrected chi connectivity index (χ2v) is 2.75. The van der Waals surface area contributed by atoms with E-state index in [1.807, 2.05) is 32.1 Å². The first-order valence-corrected chi connectivity index (χ1v) is 4.96. The number of ether oxygens (including phenoxy) is 1. The Kier molecular flexibility index (Phi) is 7.61. The maximum Gasteiger partial charge on any atom is 0.407 e. The zero-order valence-electron chi connectivity index (χ0n) is 9.17. The number of allylic oxidation sites excluding steroid dienone is 3. The molecule has 0 aromatic rings. The Morgan fingerprint density at radius 1 is 1.43 bits per heavy atom. The van der Waals surface area contributed by atoms with Crippen LogP contribution in [-0.2, 0) is 4.74 Å². The minimum atomic E-state index is -0.365. The van der Waals surface area contributed by atoms with Gasteiger partial charge in [-0.05, 0) is 26.3 Å². The van der Waals surface area contributed by atoms with Crippen molar-refractivity contribution in [1.82, 2.24) is 5.32 Å². The summed E-state index contributed by atoms with van der Waals surface area (Å²) < 4.78 is 4.86. The Morgan fingerprint density at radius 3 is 2.64 bits per heavy atom. The van der Waals surface area contributed by atoms with Crippen LogP contribution >= 0.6 is 0 Å². The number of carbonyl (C=O) groups is 1. The number of nitrogens with one attached hydrogen (secondary N) is 1. The smallest absolute Gasteiger partial charge is 0.407 e. The summed E-state index contributed by atoms with van der Waals surface area (Å²) >= 11 is 0. The number of alkyl carbamates (subject to hydrolysis) is 1. The summed E-state index contributed by atoms with van der Waals surface area (Å²) in [6.07, 6.45) is 6.49. The summed E-state index contributed by atoms with van der Waals surface area (Å²) in [4.78, 5) is 10.8. The molecule has 0 aliphatic carbocycles. The second-order valence-electron chi connectivity index (χ2n) is 2.75. The van der Waals surface area contributed by atoms with Gasteiger partial charge >= 0.3 is 6.09 Å². The molecule has 0 spiro atoms. The van der Waals surface area contributed by atoms with Crippen LogP contribution in [0.4, 0.5) is 4.79 Å². The zero-order valence-corrected chi connectivity index (χ0v) is 9.17. The maximum absolute atomic E-state index is 10.8. The first-order valence-electron chi connectivity index (χ1n) is 4.96. The highest BCUT2D eigenvalue weighted by molar-refractivity contribution is 5.67. The fourth-order valence-corrected chi connectivity index (χ4v) is 0.937. The van der Waals surface area contributed by atoms with Gasteiger partial charge in [0.05, 0.1) is 0 Å². The minimum Gasteiger partial charge on any atom is -0.445 e. The van der Waals surface area contributed by atoms with Crippen LogP contribution < -0.4 is 5.32 Å². The van der Waals surface area contributed by atoms with Crippen molar-refractivity contribution in [2.75, 3.05) is 13.2 Å². The van der Waals surface area contributed by atoms with E-state index in [2.05, 4.69) is 12.2 Å². The van der Waals surface area contributed by atoms with Crippen molar-refractivity contribution in [1.29, 1.82) is 0 Å². The fourth-order valence-electron chi connectivity index (χ4n) is 0.937. The summed E-state index contributed by atoms with van der Waals surface area (Å²) in [5, 5.41) is 2.55. The molecule has 0 rings (SSSR count). The molecule has 1 N–H and O–H groups in total. The molecule has 0 aliphatic heterocycles. The lowest BCUT2D eigenvalue weighted by Crippen LogP contribution is -2.23. The van der Waals surface area contributed by atoms with Gasteiger partial charge in [0, 0.05) is 6.54 Å². The van der Waals surface area contributed by atoms with Gasteiger partial charge in [0.2, 0.25) is 0 Å². The molecule has 0 bridgehead atoms. The number of rotatable bonds is 5. The molecule has 14 heavy (non-hydrogen) atoms. The van der Waals surface area contributed by atoms with Gasteiger partial charge in [-0.15, -0.1) is 0 Å². The summed E-state index contributed by atoms with van der Waals surface area (Å²) in [7, 11) is 0. The van der Waals surface area contributed by atoms with Gasteiger partial charge in [-0.3, -0.25) is 0 Å². The van der Waals surface area contributed by atoms with Crippen molar-refractivity contribution in [2.24, 2.45) is 0 Å². The monoisotopic (exact) mass is 197 g/mol. The standard InChI is InChI=1S/C11H19NO2/c1-4-10(5-2)8-7-9-14-11(13)12-6-3/h4,7-8H,5-6,9H2,1-3H3,(H,12,13). The maximum atomic E-state index is 10.8. The molecular formula is C11H19NO2. The molecule has 3 nitrogen and oxygen atoms in total. The van der Waals surface area contributed by atoms with E-state index in [4.69, 9.17) is 4.74 Å². The lowest BCUT2D eigenvalue weighted by molar-refractivity contribution is 0.159. The van der Waals surface area contributed by atoms with Crippen LogP contribution in [0.15, 0.2) is 23.8 Å². The highest BCUT2D eigenvalue weighted by Crippen LogP contribution is 2.01. The molecular weight excluding hydrogens is 178 g/mol. The summed E-state index contributed by atoms with van der Waals surface area (Å²) in [6.45, 7) is 6.85. The quantitative estimate of drug-likeness (QED) is 0.688. The number of carbonyl (C=O) groups excluding carboxylic acids is 1. The average molecular weight is 197 g/mol. The van der Waals surface area contributed by atoms with Gasteiger partial charge in [-0.1, -0.05) is 24.6 Å². The van der Waals surface area contributed by atoms with Crippen LogP contribution in [0.5, 0.6) is 0 Å². The molecule has 0 aromatic carbocycles. The predicted molar refractivity (Wildman–Crippen MR) is 58.2 cm³/mol. The van der Waals surface area contributed by atoms with Crippen molar-refractivity contribution in [2.45, 2.75) is 27.2 Å². The van der Waals surface area contributed by atoms with Gasteiger partial charge < -0.3 is 10.1 Å². The van der Waals surface area contributed by atoms with E-state index in [0.717, 1.165) is 6.42 Å². The van der Waals surface area contributed by atoms with Crippen molar-refractivity contribution >= 4 is 6.09 Å². The highest BCUT2D eigenvalue weighted by atomic mass is 16.5. The van der Waals surface area contributed by atoms with Crippen LogP contribution in [0.2, 0.25) is 0 Å². The predicted octanol–water partition coefficient (Wildman–Crippen LogP) is 2.65. The van der Waals surface area contributed by atoms with E-state index >= 15 is 0 Å². The normalized spacial score (nSPS) is 11.8. The van der Waals surface area contributed by atoms with Crippen molar-refractivity contribution in [3.05, 3.63) is 23.8 Å². The van der Waals surface area contributed by atoms with E-state index in [9.17, 15) is 4.79 Å². The molecule has 0 atom stereocenters. The minimum absolute atomic E-state index is 0.323. The van der Waals surface area contributed by atoms with Crippen LogP contribution in [0, 0.1) is 0 Å². The SMILES string of the molecule is CC=C(C=CCOC(=O)NCC)CC. The fraction of sp³-hybridized carbons (Fsp3) is 0.545. The molecule has 0 radical (unpaired) electrons. The van der Waals surface area contributed by atoms with E-state index in [1.54, 1.807) is 0 Å². The van der Waals surface area contributed by atoms with Gasteiger partial charge in [0.1, 0.15) is 6.61 Å². The molecule has 3 heteroatoms. The molecule has 0 saturated carbocycles. The number of hydrogen-bond donors (Lipinski definition) is 1. The Morgan fingerprint density at radius 2 is 2.14 bits per heavy atom. The second kappa shape index (κ2) is 8.35. The van der Waals surface area contributed by atoms with Crippen LogP contribution in [0.1, 0.15) is 27.2 Å². The average Bonchev–Trinajstić information content (AvgIpc) is 2.19.